The maximum Gasteiger partial charge on any atom is 0.315 e. The van der Waals surface area contributed by atoms with Crippen molar-refractivity contribution in [3.05, 3.63) is 40.9 Å². The fourth-order valence-electron chi connectivity index (χ4n) is 1.77. The number of nitrogens with one attached hydrogen (secondary N) is 1. The highest BCUT2D eigenvalue weighted by Gasteiger charge is 2.21. The van der Waals surface area contributed by atoms with Crippen LogP contribution in [0.4, 0.5) is 5.13 Å². The summed E-state index contributed by atoms with van der Waals surface area (Å²) in [5.41, 5.74) is 0.979. The lowest BCUT2D eigenvalue weighted by atomic mass is 10.2. The number of hydrogen-bond acceptors (Lipinski definition) is 5. The molecule has 110 valence electrons. The van der Waals surface area contributed by atoms with E-state index in [2.05, 4.69) is 15.5 Å². The number of aromatic nitrogens is 2. The molecule has 0 radical (unpaired) electrons. The van der Waals surface area contributed by atoms with Crippen molar-refractivity contribution in [2.75, 3.05) is 11.9 Å². The van der Waals surface area contributed by atoms with E-state index in [1.54, 1.807) is 6.92 Å². The number of amides is 2. The van der Waals surface area contributed by atoms with Gasteiger partial charge in [-0.3, -0.25) is 14.9 Å². The van der Waals surface area contributed by atoms with Crippen molar-refractivity contribution in [3.63, 3.8) is 0 Å². The standard InChI is InChI=1S/C14H16N4O2S/c1-3-18(9-11-7-5-4-6-8-11)13(20)12(19)15-14-17-16-10(2)21-14/h4-8H,3,9H2,1-2H3,(H,15,17,19). The number of carbonyl (C=O) groups excluding carboxylic acids is 2. The van der Waals surface area contributed by atoms with Crippen LogP contribution in [0.5, 0.6) is 0 Å². The molecule has 2 amide bonds. The van der Waals surface area contributed by atoms with E-state index < -0.39 is 11.8 Å². The van der Waals surface area contributed by atoms with Crippen LogP contribution in [0.25, 0.3) is 0 Å². The van der Waals surface area contributed by atoms with Crippen molar-refractivity contribution in [1.82, 2.24) is 15.1 Å². The zero-order chi connectivity index (χ0) is 15.2. The lowest BCUT2D eigenvalue weighted by molar-refractivity contribution is -0.143. The first-order valence-electron chi connectivity index (χ1n) is 6.54. The molecule has 2 aromatic rings. The highest BCUT2D eigenvalue weighted by Crippen LogP contribution is 2.14. The molecule has 0 saturated carbocycles. The van der Waals surface area contributed by atoms with Crippen LogP contribution in [0.15, 0.2) is 30.3 Å². The van der Waals surface area contributed by atoms with E-state index in [4.69, 9.17) is 0 Å². The van der Waals surface area contributed by atoms with E-state index >= 15 is 0 Å². The molecule has 1 aromatic heterocycles. The lowest BCUT2D eigenvalue weighted by Crippen LogP contribution is -2.39. The Bertz CT molecular complexity index is 627. The fourth-order valence-corrected chi connectivity index (χ4v) is 2.36. The highest BCUT2D eigenvalue weighted by molar-refractivity contribution is 7.15. The van der Waals surface area contributed by atoms with Gasteiger partial charge in [0, 0.05) is 13.1 Å². The minimum Gasteiger partial charge on any atom is -0.330 e. The Hall–Kier alpha value is -2.28. The normalized spacial score (nSPS) is 10.2. The number of hydrogen-bond donors (Lipinski definition) is 1. The first kappa shape index (κ1) is 15.1. The number of anilines is 1. The predicted molar refractivity (Wildman–Crippen MR) is 80.8 cm³/mol. The summed E-state index contributed by atoms with van der Waals surface area (Å²) in [7, 11) is 0. The van der Waals surface area contributed by atoms with Gasteiger partial charge in [0.05, 0.1) is 0 Å². The molecule has 2 rings (SSSR count). The Balaban J connectivity index is 2.00. The van der Waals surface area contributed by atoms with Crippen LogP contribution in [0.1, 0.15) is 17.5 Å². The molecule has 6 nitrogen and oxygen atoms in total. The summed E-state index contributed by atoms with van der Waals surface area (Å²) >= 11 is 1.23. The van der Waals surface area contributed by atoms with Gasteiger partial charge in [-0.25, -0.2) is 0 Å². The van der Waals surface area contributed by atoms with E-state index in [-0.39, 0.29) is 0 Å². The second kappa shape index (κ2) is 6.94. The second-order valence-electron chi connectivity index (χ2n) is 4.39. The summed E-state index contributed by atoms with van der Waals surface area (Å²) in [5, 5.41) is 11.1. The van der Waals surface area contributed by atoms with E-state index in [1.165, 1.54) is 16.2 Å². The van der Waals surface area contributed by atoms with Crippen LogP contribution >= 0.6 is 11.3 Å². The third-order valence-corrected chi connectivity index (χ3v) is 3.58. The zero-order valence-corrected chi connectivity index (χ0v) is 12.7. The number of benzene rings is 1. The van der Waals surface area contributed by atoms with E-state index in [0.717, 1.165) is 10.6 Å². The van der Waals surface area contributed by atoms with Crippen molar-refractivity contribution < 1.29 is 9.59 Å². The van der Waals surface area contributed by atoms with Crippen molar-refractivity contribution in [2.24, 2.45) is 0 Å². The van der Waals surface area contributed by atoms with Crippen LogP contribution in [-0.2, 0) is 16.1 Å². The van der Waals surface area contributed by atoms with Crippen molar-refractivity contribution in [2.45, 2.75) is 20.4 Å². The number of likely N-dealkylation sites (N-methyl/N-ethyl adjacent to an activating group) is 1. The van der Waals surface area contributed by atoms with Gasteiger partial charge < -0.3 is 4.90 Å². The SMILES string of the molecule is CCN(Cc1ccccc1)C(=O)C(=O)Nc1nnc(C)s1. The summed E-state index contributed by atoms with van der Waals surface area (Å²) in [6.07, 6.45) is 0. The molecular formula is C14H16N4O2S. The Labute approximate surface area is 126 Å². The van der Waals surface area contributed by atoms with Gasteiger partial charge in [0.25, 0.3) is 0 Å². The van der Waals surface area contributed by atoms with Gasteiger partial charge >= 0.3 is 11.8 Å². The number of carbonyl (C=O) groups is 2. The Kier molecular flexibility index (Phi) is 4.99. The first-order valence-corrected chi connectivity index (χ1v) is 7.36. The summed E-state index contributed by atoms with van der Waals surface area (Å²) < 4.78 is 0. The molecule has 0 unspecified atom stereocenters. The Morgan fingerprint density at radius 2 is 1.95 bits per heavy atom. The molecule has 21 heavy (non-hydrogen) atoms. The smallest absolute Gasteiger partial charge is 0.315 e. The van der Waals surface area contributed by atoms with Gasteiger partial charge in [-0.2, -0.15) is 0 Å². The largest absolute Gasteiger partial charge is 0.330 e. The summed E-state index contributed by atoms with van der Waals surface area (Å²) in [4.78, 5) is 25.6. The van der Waals surface area contributed by atoms with Crippen LogP contribution in [0.3, 0.4) is 0 Å². The molecule has 0 saturated heterocycles. The minimum atomic E-state index is -0.691. The molecular weight excluding hydrogens is 288 g/mol. The summed E-state index contributed by atoms with van der Waals surface area (Å²) in [6, 6.07) is 9.55. The number of rotatable bonds is 4. The van der Waals surface area contributed by atoms with E-state index in [1.807, 2.05) is 37.3 Å². The maximum atomic E-state index is 12.2. The van der Waals surface area contributed by atoms with E-state index in [9.17, 15) is 9.59 Å². The average molecular weight is 304 g/mol. The second-order valence-corrected chi connectivity index (χ2v) is 5.57. The highest BCUT2D eigenvalue weighted by atomic mass is 32.1. The molecule has 1 heterocycles. The molecule has 1 aromatic carbocycles. The quantitative estimate of drug-likeness (QED) is 0.875. The molecule has 0 aliphatic rings. The molecule has 0 bridgehead atoms. The van der Waals surface area contributed by atoms with Crippen molar-refractivity contribution >= 4 is 28.3 Å². The van der Waals surface area contributed by atoms with Gasteiger partial charge in [0.15, 0.2) is 0 Å². The lowest BCUT2D eigenvalue weighted by Gasteiger charge is -2.19. The van der Waals surface area contributed by atoms with Gasteiger partial charge in [0.1, 0.15) is 5.01 Å². The van der Waals surface area contributed by atoms with E-state index in [0.29, 0.717) is 18.2 Å². The Morgan fingerprint density at radius 1 is 1.24 bits per heavy atom. The number of nitrogens with zero attached hydrogens (tertiary/aromatic N) is 3. The average Bonchev–Trinajstić information content (AvgIpc) is 2.90. The molecule has 7 heteroatoms. The van der Waals surface area contributed by atoms with Gasteiger partial charge in [-0.05, 0) is 19.4 Å². The molecule has 0 atom stereocenters. The monoisotopic (exact) mass is 304 g/mol. The third kappa shape index (κ3) is 4.09. The van der Waals surface area contributed by atoms with Crippen molar-refractivity contribution in [3.8, 4) is 0 Å². The van der Waals surface area contributed by atoms with Crippen LogP contribution < -0.4 is 5.32 Å². The molecule has 0 aliphatic carbocycles. The van der Waals surface area contributed by atoms with Crippen LogP contribution in [0, 0.1) is 6.92 Å². The predicted octanol–water partition coefficient (Wildman–Crippen LogP) is 1.83. The molecule has 0 aliphatic heterocycles. The van der Waals surface area contributed by atoms with Crippen LogP contribution in [0.2, 0.25) is 0 Å². The summed E-state index contributed by atoms with van der Waals surface area (Å²) in [5.74, 6) is -1.27. The number of aryl methyl sites for hydroxylation is 1. The molecule has 0 spiro atoms. The third-order valence-electron chi connectivity index (χ3n) is 2.83. The Morgan fingerprint density at radius 3 is 2.52 bits per heavy atom. The van der Waals surface area contributed by atoms with Gasteiger partial charge in [-0.1, -0.05) is 41.7 Å². The fraction of sp³-hybridized carbons (Fsp3) is 0.286. The molecule has 0 fully saturated rings. The van der Waals surface area contributed by atoms with Gasteiger partial charge in [0.2, 0.25) is 5.13 Å². The summed E-state index contributed by atoms with van der Waals surface area (Å²) in [6.45, 7) is 4.47. The topological polar surface area (TPSA) is 75.2 Å². The minimum absolute atomic E-state index is 0.335. The van der Waals surface area contributed by atoms with Crippen molar-refractivity contribution in [1.29, 1.82) is 0 Å². The van der Waals surface area contributed by atoms with Crippen LogP contribution in [-0.4, -0.2) is 33.5 Å². The van der Waals surface area contributed by atoms with Gasteiger partial charge in [-0.15, -0.1) is 10.2 Å². The molecule has 1 N–H and O–H groups in total. The zero-order valence-electron chi connectivity index (χ0n) is 11.9. The maximum absolute atomic E-state index is 12.2. The first-order chi connectivity index (χ1) is 10.1.